The number of rotatable bonds is 5. The van der Waals surface area contributed by atoms with E-state index in [1.807, 2.05) is 6.07 Å². The predicted octanol–water partition coefficient (Wildman–Crippen LogP) is 2.02. The van der Waals surface area contributed by atoms with Crippen molar-refractivity contribution in [3.63, 3.8) is 0 Å². The van der Waals surface area contributed by atoms with Crippen LogP contribution in [0.4, 0.5) is 0 Å². The zero-order chi connectivity index (χ0) is 12.8. The number of carbonyl (C=O) groups excluding carboxylic acids is 1. The number of carboxylic acid groups (broad SMARTS) is 1. The van der Waals surface area contributed by atoms with E-state index in [1.54, 1.807) is 18.2 Å². The van der Waals surface area contributed by atoms with E-state index in [0.717, 1.165) is 4.90 Å². The first kappa shape index (κ1) is 13.9. The molecule has 0 heterocycles. The first-order valence-electron chi connectivity index (χ1n) is 4.90. The molecule has 92 valence electrons. The predicted molar refractivity (Wildman–Crippen MR) is 67.4 cm³/mol. The van der Waals surface area contributed by atoms with Gasteiger partial charge in [-0.1, -0.05) is 23.7 Å². The van der Waals surface area contributed by atoms with Crippen LogP contribution in [0.25, 0.3) is 0 Å². The number of nitrogens with one attached hydrogen (secondary N) is 1. The van der Waals surface area contributed by atoms with E-state index in [9.17, 15) is 9.59 Å². The molecule has 4 nitrogen and oxygen atoms in total. The van der Waals surface area contributed by atoms with Crippen LogP contribution in [0.5, 0.6) is 0 Å². The molecule has 1 rings (SSSR count). The highest BCUT2D eigenvalue weighted by Gasteiger charge is 2.14. The highest BCUT2D eigenvalue weighted by Crippen LogP contribution is 2.26. The van der Waals surface area contributed by atoms with Gasteiger partial charge in [-0.3, -0.25) is 9.59 Å². The van der Waals surface area contributed by atoms with Crippen molar-refractivity contribution in [3.8, 4) is 0 Å². The molecule has 0 unspecified atom stereocenters. The summed E-state index contributed by atoms with van der Waals surface area (Å²) in [4.78, 5) is 22.7. The average molecular weight is 274 g/mol. The minimum atomic E-state index is -1.05. The van der Waals surface area contributed by atoms with Crippen molar-refractivity contribution in [2.45, 2.75) is 17.9 Å². The number of carboxylic acids is 1. The lowest BCUT2D eigenvalue weighted by atomic mass is 10.3. The van der Waals surface area contributed by atoms with Gasteiger partial charge in [0.05, 0.1) is 10.8 Å². The van der Waals surface area contributed by atoms with Crippen LogP contribution in [0.1, 0.15) is 6.92 Å². The van der Waals surface area contributed by atoms with Crippen molar-refractivity contribution < 1.29 is 14.7 Å². The lowest BCUT2D eigenvalue weighted by Gasteiger charge is -2.09. The highest BCUT2D eigenvalue weighted by atomic mass is 35.5. The fourth-order valence-corrected chi connectivity index (χ4v) is 2.10. The lowest BCUT2D eigenvalue weighted by molar-refractivity contribution is -0.140. The van der Waals surface area contributed by atoms with Gasteiger partial charge in [0.25, 0.3) is 0 Å². The van der Waals surface area contributed by atoms with E-state index in [2.05, 4.69) is 5.32 Å². The molecule has 0 aliphatic heterocycles. The van der Waals surface area contributed by atoms with E-state index in [4.69, 9.17) is 16.7 Å². The molecule has 1 amide bonds. The molecule has 0 saturated carbocycles. The fourth-order valence-electron chi connectivity index (χ4n) is 1.05. The Kier molecular flexibility index (Phi) is 5.31. The number of halogens is 1. The monoisotopic (exact) mass is 273 g/mol. The van der Waals surface area contributed by atoms with Crippen molar-refractivity contribution in [3.05, 3.63) is 29.3 Å². The van der Waals surface area contributed by atoms with Crippen LogP contribution in [-0.2, 0) is 9.59 Å². The quantitative estimate of drug-likeness (QED) is 0.806. The topological polar surface area (TPSA) is 66.4 Å². The number of thioether (sulfide) groups is 1. The third kappa shape index (κ3) is 4.66. The second-order valence-corrected chi connectivity index (χ2v) is 4.77. The van der Waals surface area contributed by atoms with Gasteiger partial charge >= 0.3 is 5.97 Å². The second kappa shape index (κ2) is 6.51. The van der Waals surface area contributed by atoms with Crippen molar-refractivity contribution in [2.75, 3.05) is 5.75 Å². The molecule has 1 aromatic rings. The molecule has 17 heavy (non-hydrogen) atoms. The van der Waals surface area contributed by atoms with Crippen LogP contribution in [0.2, 0.25) is 5.02 Å². The van der Waals surface area contributed by atoms with Gasteiger partial charge in [-0.25, -0.2) is 0 Å². The van der Waals surface area contributed by atoms with Crippen LogP contribution in [0, 0.1) is 0 Å². The van der Waals surface area contributed by atoms with Crippen LogP contribution in [0.3, 0.4) is 0 Å². The summed E-state index contributed by atoms with van der Waals surface area (Å²) >= 11 is 7.19. The van der Waals surface area contributed by atoms with Crippen LogP contribution >= 0.6 is 23.4 Å². The summed E-state index contributed by atoms with van der Waals surface area (Å²) < 4.78 is 0. The minimum absolute atomic E-state index is 0.140. The van der Waals surface area contributed by atoms with Crippen molar-refractivity contribution in [1.82, 2.24) is 5.32 Å². The Morgan fingerprint density at radius 1 is 1.47 bits per heavy atom. The van der Waals surface area contributed by atoms with Gasteiger partial charge in [0.15, 0.2) is 0 Å². The summed E-state index contributed by atoms with van der Waals surface area (Å²) in [6, 6.07) is 6.29. The molecule has 0 aromatic heterocycles. The Hall–Kier alpha value is -1.20. The number of aliphatic carboxylic acids is 1. The van der Waals surface area contributed by atoms with Gasteiger partial charge in [-0.05, 0) is 19.1 Å². The van der Waals surface area contributed by atoms with E-state index < -0.39 is 12.0 Å². The van der Waals surface area contributed by atoms with Gasteiger partial charge in [-0.2, -0.15) is 0 Å². The molecule has 0 saturated heterocycles. The Balaban J connectivity index is 2.44. The Morgan fingerprint density at radius 2 is 2.12 bits per heavy atom. The minimum Gasteiger partial charge on any atom is -0.480 e. The van der Waals surface area contributed by atoms with Gasteiger partial charge < -0.3 is 10.4 Å². The maximum Gasteiger partial charge on any atom is 0.325 e. The normalized spacial score (nSPS) is 11.9. The molecule has 0 bridgehead atoms. The van der Waals surface area contributed by atoms with Crippen LogP contribution in [0.15, 0.2) is 29.2 Å². The molecular formula is C11H12ClNO3S. The number of amides is 1. The molecule has 6 heteroatoms. The van der Waals surface area contributed by atoms with E-state index >= 15 is 0 Å². The first-order valence-corrected chi connectivity index (χ1v) is 6.26. The third-order valence-electron chi connectivity index (χ3n) is 1.94. The molecule has 0 aliphatic carbocycles. The summed E-state index contributed by atoms with van der Waals surface area (Å²) in [7, 11) is 0. The van der Waals surface area contributed by atoms with Gasteiger partial charge in [0, 0.05) is 4.90 Å². The van der Waals surface area contributed by atoms with E-state index in [0.29, 0.717) is 5.02 Å². The fraction of sp³-hybridized carbons (Fsp3) is 0.273. The smallest absolute Gasteiger partial charge is 0.325 e. The molecule has 2 N–H and O–H groups in total. The molecule has 0 aliphatic rings. The third-order valence-corrected chi connectivity index (χ3v) is 3.46. The van der Waals surface area contributed by atoms with Crippen molar-refractivity contribution in [1.29, 1.82) is 0 Å². The lowest BCUT2D eigenvalue weighted by Crippen LogP contribution is -2.39. The maximum absolute atomic E-state index is 11.4. The largest absolute Gasteiger partial charge is 0.480 e. The zero-order valence-electron chi connectivity index (χ0n) is 9.14. The number of benzene rings is 1. The highest BCUT2D eigenvalue weighted by molar-refractivity contribution is 8.00. The van der Waals surface area contributed by atoms with E-state index in [-0.39, 0.29) is 11.7 Å². The van der Waals surface area contributed by atoms with Gasteiger partial charge in [-0.15, -0.1) is 11.8 Å². The van der Waals surface area contributed by atoms with Crippen molar-refractivity contribution in [2.24, 2.45) is 0 Å². The maximum atomic E-state index is 11.4. The number of hydrogen-bond donors (Lipinski definition) is 2. The second-order valence-electron chi connectivity index (χ2n) is 3.35. The van der Waals surface area contributed by atoms with Crippen LogP contribution in [-0.4, -0.2) is 28.8 Å². The summed E-state index contributed by atoms with van der Waals surface area (Å²) in [6.07, 6.45) is 0. The zero-order valence-corrected chi connectivity index (χ0v) is 10.7. The summed E-state index contributed by atoms with van der Waals surface area (Å²) in [6.45, 7) is 1.42. The first-order chi connectivity index (χ1) is 8.00. The summed E-state index contributed by atoms with van der Waals surface area (Å²) in [5.41, 5.74) is 0. The molecule has 1 aromatic carbocycles. The number of carbonyl (C=O) groups is 2. The Bertz CT molecular complexity index is 425. The summed E-state index contributed by atoms with van der Waals surface area (Å²) in [5, 5.41) is 11.6. The molecule has 1 atom stereocenters. The molecule has 0 radical (unpaired) electrons. The SMILES string of the molecule is C[C@H](NC(=O)CSc1ccccc1Cl)C(=O)O. The van der Waals surface area contributed by atoms with Crippen molar-refractivity contribution >= 4 is 35.2 Å². The van der Waals surface area contributed by atoms with Gasteiger partial charge in [0.1, 0.15) is 6.04 Å². The summed E-state index contributed by atoms with van der Waals surface area (Å²) in [5.74, 6) is -1.24. The standard InChI is InChI=1S/C11H12ClNO3S/c1-7(11(15)16)13-10(14)6-17-9-5-3-2-4-8(9)12/h2-5,7H,6H2,1H3,(H,13,14)(H,15,16)/t7-/m0/s1. The van der Waals surface area contributed by atoms with Gasteiger partial charge in [0.2, 0.25) is 5.91 Å². The number of hydrogen-bond acceptors (Lipinski definition) is 3. The Morgan fingerprint density at radius 3 is 2.71 bits per heavy atom. The Labute approximate surface area is 108 Å². The molecular weight excluding hydrogens is 262 g/mol. The van der Waals surface area contributed by atoms with Crippen LogP contribution < -0.4 is 5.32 Å². The molecule has 0 spiro atoms. The average Bonchev–Trinajstić information content (AvgIpc) is 2.27. The molecule has 0 fully saturated rings. The van der Waals surface area contributed by atoms with E-state index in [1.165, 1.54) is 18.7 Å².